The van der Waals surface area contributed by atoms with Gasteiger partial charge in [0.05, 0.1) is 12.6 Å². The van der Waals surface area contributed by atoms with Crippen molar-refractivity contribution in [1.29, 1.82) is 0 Å². The topological polar surface area (TPSA) is 50.8 Å². The molecule has 1 N–H and O–H groups in total. The maximum Gasteiger partial charge on any atom is 0.215 e. The fourth-order valence-corrected chi connectivity index (χ4v) is 3.11. The van der Waals surface area contributed by atoms with E-state index in [0.717, 1.165) is 25.8 Å². The van der Waals surface area contributed by atoms with Gasteiger partial charge < -0.3 is 9.72 Å². The van der Waals surface area contributed by atoms with Gasteiger partial charge in [0, 0.05) is 20.6 Å². The first-order chi connectivity index (χ1) is 9.15. The molecule has 0 aliphatic carbocycles. The monoisotopic (exact) mass is 381 g/mol. The molecule has 0 bridgehead atoms. The molecule has 96 valence electrons. The third kappa shape index (κ3) is 2.50. The summed E-state index contributed by atoms with van der Waals surface area (Å²) in [5, 5.41) is 0. The van der Waals surface area contributed by atoms with Crippen molar-refractivity contribution in [3.8, 4) is 17.3 Å². The summed E-state index contributed by atoms with van der Waals surface area (Å²) in [6.45, 7) is 0. The van der Waals surface area contributed by atoms with Crippen LogP contribution in [0.5, 0.6) is 5.88 Å². The van der Waals surface area contributed by atoms with Crippen LogP contribution in [-0.4, -0.2) is 22.1 Å². The summed E-state index contributed by atoms with van der Waals surface area (Å²) in [7, 11) is 1.59. The average Bonchev–Trinajstić information content (AvgIpc) is 2.80. The fraction of sp³-hybridized carbons (Fsp3) is 0.0769. The Hall–Kier alpha value is -1.40. The number of rotatable bonds is 2. The van der Waals surface area contributed by atoms with E-state index in [4.69, 9.17) is 4.74 Å². The standard InChI is InChI=1S/C13H9Br2N3O/c1-19-11-3-2-10-13(17-11)18-12(16-10)7-4-8(14)6-9(15)5-7/h2-6H,1H3,(H,16,17,18). The molecule has 0 amide bonds. The highest BCUT2D eigenvalue weighted by molar-refractivity contribution is 9.11. The molecule has 0 aliphatic rings. The van der Waals surface area contributed by atoms with Gasteiger partial charge in [0.2, 0.25) is 5.88 Å². The molecule has 0 radical (unpaired) electrons. The van der Waals surface area contributed by atoms with Crippen LogP contribution < -0.4 is 4.74 Å². The number of aromatic amines is 1. The van der Waals surface area contributed by atoms with Gasteiger partial charge in [-0.15, -0.1) is 0 Å². The van der Waals surface area contributed by atoms with Crippen molar-refractivity contribution in [1.82, 2.24) is 15.0 Å². The van der Waals surface area contributed by atoms with E-state index in [1.165, 1.54) is 0 Å². The van der Waals surface area contributed by atoms with Crippen molar-refractivity contribution in [2.75, 3.05) is 7.11 Å². The summed E-state index contributed by atoms with van der Waals surface area (Å²) < 4.78 is 7.07. The Kier molecular flexibility index (Phi) is 3.28. The number of hydrogen-bond acceptors (Lipinski definition) is 3. The fourth-order valence-electron chi connectivity index (χ4n) is 1.82. The number of imidazole rings is 1. The lowest BCUT2D eigenvalue weighted by Crippen LogP contribution is -1.86. The van der Waals surface area contributed by atoms with Gasteiger partial charge in [-0.2, -0.15) is 4.98 Å². The minimum atomic E-state index is 0.556. The molecular weight excluding hydrogens is 374 g/mol. The van der Waals surface area contributed by atoms with Crippen molar-refractivity contribution in [2.45, 2.75) is 0 Å². The highest BCUT2D eigenvalue weighted by atomic mass is 79.9. The Morgan fingerprint density at radius 1 is 1.05 bits per heavy atom. The molecule has 2 heterocycles. The number of methoxy groups -OCH3 is 1. The molecule has 0 atom stereocenters. The van der Waals surface area contributed by atoms with Gasteiger partial charge in [-0.1, -0.05) is 31.9 Å². The highest BCUT2D eigenvalue weighted by Crippen LogP contribution is 2.27. The van der Waals surface area contributed by atoms with Crippen molar-refractivity contribution in [2.24, 2.45) is 0 Å². The minimum Gasteiger partial charge on any atom is -0.481 e. The van der Waals surface area contributed by atoms with Crippen molar-refractivity contribution in [3.05, 3.63) is 39.3 Å². The SMILES string of the molecule is COc1ccc2[nH]c(-c3cc(Br)cc(Br)c3)nc2n1. The van der Waals surface area contributed by atoms with E-state index in [2.05, 4.69) is 46.8 Å². The summed E-state index contributed by atoms with van der Waals surface area (Å²) in [6, 6.07) is 9.69. The zero-order valence-electron chi connectivity index (χ0n) is 9.95. The van der Waals surface area contributed by atoms with E-state index in [0.29, 0.717) is 11.5 Å². The molecule has 0 saturated heterocycles. The third-order valence-electron chi connectivity index (χ3n) is 2.67. The van der Waals surface area contributed by atoms with E-state index >= 15 is 0 Å². The molecule has 3 aromatic rings. The third-order valence-corrected chi connectivity index (χ3v) is 3.58. The molecule has 6 heteroatoms. The summed E-state index contributed by atoms with van der Waals surface area (Å²) in [5.41, 5.74) is 2.51. The first kappa shape index (κ1) is 12.6. The molecule has 0 unspecified atom stereocenters. The van der Waals surface area contributed by atoms with E-state index in [1.54, 1.807) is 13.2 Å². The van der Waals surface area contributed by atoms with Crippen LogP contribution in [0.25, 0.3) is 22.6 Å². The number of hydrogen-bond donors (Lipinski definition) is 1. The number of ether oxygens (including phenoxy) is 1. The first-order valence-electron chi connectivity index (χ1n) is 5.53. The Labute approximate surface area is 126 Å². The van der Waals surface area contributed by atoms with E-state index in [-0.39, 0.29) is 0 Å². The van der Waals surface area contributed by atoms with E-state index < -0.39 is 0 Å². The molecule has 0 aliphatic heterocycles. The lowest BCUT2D eigenvalue weighted by molar-refractivity contribution is 0.399. The predicted octanol–water partition coefficient (Wildman–Crippen LogP) is 4.16. The van der Waals surface area contributed by atoms with Gasteiger partial charge in [-0.3, -0.25) is 0 Å². The van der Waals surface area contributed by atoms with Crippen LogP contribution >= 0.6 is 31.9 Å². The second-order valence-corrected chi connectivity index (χ2v) is 5.80. The Bertz CT molecular complexity index is 734. The summed E-state index contributed by atoms with van der Waals surface area (Å²) >= 11 is 6.94. The molecule has 1 aromatic carbocycles. The Morgan fingerprint density at radius 3 is 2.47 bits per heavy atom. The number of aromatic nitrogens is 3. The van der Waals surface area contributed by atoms with Gasteiger partial charge in [0.15, 0.2) is 5.65 Å². The number of fused-ring (bicyclic) bond motifs is 1. The first-order valence-corrected chi connectivity index (χ1v) is 7.11. The maximum absolute atomic E-state index is 5.10. The van der Waals surface area contributed by atoms with Crippen LogP contribution in [0.15, 0.2) is 39.3 Å². The number of halogens is 2. The second kappa shape index (κ2) is 4.94. The van der Waals surface area contributed by atoms with Crippen molar-refractivity contribution < 1.29 is 4.74 Å². The van der Waals surface area contributed by atoms with Crippen LogP contribution in [0.3, 0.4) is 0 Å². The number of pyridine rings is 1. The van der Waals surface area contributed by atoms with Crippen LogP contribution in [0, 0.1) is 0 Å². The van der Waals surface area contributed by atoms with Gasteiger partial charge in [0.1, 0.15) is 5.82 Å². The second-order valence-electron chi connectivity index (χ2n) is 3.97. The molecule has 4 nitrogen and oxygen atoms in total. The number of nitrogens with one attached hydrogen (secondary N) is 1. The van der Waals surface area contributed by atoms with Crippen LogP contribution in [0.2, 0.25) is 0 Å². The normalized spacial score (nSPS) is 10.9. The lowest BCUT2D eigenvalue weighted by atomic mass is 10.2. The summed E-state index contributed by atoms with van der Waals surface area (Å²) in [5.74, 6) is 1.33. The minimum absolute atomic E-state index is 0.556. The van der Waals surface area contributed by atoms with Gasteiger partial charge in [-0.25, -0.2) is 4.98 Å². The van der Waals surface area contributed by atoms with Crippen LogP contribution in [-0.2, 0) is 0 Å². The van der Waals surface area contributed by atoms with Crippen LogP contribution in [0.1, 0.15) is 0 Å². The molecule has 0 fully saturated rings. The van der Waals surface area contributed by atoms with Crippen LogP contribution in [0.4, 0.5) is 0 Å². The van der Waals surface area contributed by atoms with E-state index in [1.807, 2.05) is 24.3 Å². The number of benzene rings is 1. The van der Waals surface area contributed by atoms with Gasteiger partial charge in [-0.05, 0) is 24.3 Å². The summed E-state index contributed by atoms with van der Waals surface area (Å²) in [4.78, 5) is 12.0. The zero-order valence-corrected chi connectivity index (χ0v) is 13.1. The summed E-state index contributed by atoms with van der Waals surface area (Å²) in [6.07, 6.45) is 0. The van der Waals surface area contributed by atoms with Gasteiger partial charge in [0.25, 0.3) is 0 Å². The Balaban J connectivity index is 2.14. The molecule has 0 spiro atoms. The van der Waals surface area contributed by atoms with Crippen molar-refractivity contribution in [3.63, 3.8) is 0 Å². The number of nitrogens with zero attached hydrogens (tertiary/aromatic N) is 2. The average molecular weight is 383 g/mol. The quantitative estimate of drug-likeness (QED) is 0.723. The molecular formula is C13H9Br2N3O. The number of H-pyrrole nitrogens is 1. The van der Waals surface area contributed by atoms with Crippen molar-refractivity contribution >= 4 is 43.0 Å². The Morgan fingerprint density at radius 2 is 1.79 bits per heavy atom. The van der Waals surface area contributed by atoms with E-state index in [9.17, 15) is 0 Å². The lowest BCUT2D eigenvalue weighted by Gasteiger charge is -1.99. The molecule has 0 saturated carbocycles. The largest absolute Gasteiger partial charge is 0.481 e. The van der Waals surface area contributed by atoms with Gasteiger partial charge >= 0.3 is 0 Å². The smallest absolute Gasteiger partial charge is 0.215 e. The molecule has 3 rings (SSSR count). The molecule has 2 aromatic heterocycles. The predicted molar refractivity (Wildman–Crippen MR) is 81.3 cm³/mol. The zero-order chi connectivity index (χ0) is 13.4. The molecule has 19 heavy (non-hydrogen) atoms. The maximum atomic E-state index is 5.10. The highest BCUT2D eigenvalue weighted by Gasteiger charge is 2.08.